The fraction of sp³-hybridized carbons (Fsp3) is 0.704. The minimum Gasteiger partial charge on any atom is -0.390 e. The second-order valence-corrected chi connectivity index (χ2v) is 10.8. The van der Waals surface area contributed by atoms with Crippen LogP contribution in [0.5, 0.6) is 0 Å². The molecule has 1 spiro atoms. The summed E-state index contributed by atoms with van der Waals surface area (Å²) in [5.74, 6) is -0.320. The maximum Gasteiger partial charge on any atom is 0.269 e. The van der Waals surface area contributed by atoms with E-state index in [1.54, 1.807) is 19.3 Å². The Morgan fingerprint density at radius 3 is 2.50 bits per heavy atom. The number of hydrogen-bond donors (Lipinski definition) is 3. The van der Waals surface area contributed by atoms with Crippen LogP contribution in [0.25, 0.3) is 0 Å². The third-order valence-electron chi connectivity index (χ3n) is 8.29. The average Bonchev–Trinajstić information content (AvgIpc) is 2.89. The van der Waals surface area contributed by atoms with Crippen LogP contribution in [0.1, 0.15) is 87.2 Å². The molecule has 198 valence electrons. The van der Waals surface area contributed by atoms with Gasteiger partial charge in [0.05, 0.1) is 5.60 Å². The Kier molecular flexibility index (Phi) is 8.30. The summed E-state index contributed by atoms with van der Waals surface area (Å²) in [6, 6.07) is 2.98. The monoisotopic (exact) mass is 499 g/mol. The number of rotatable bonds is 8. The quantitative estimate of drug-likeness (QED) is 0.504. The Bertz CT molecular complexity index is 936. The van der Waals surface area contributed by atoms with E-state index < -0.39 is 17.2 Å². The Labute approximate surface area is 214 Å². The summed E-state index contributed by atoms with van der Waals surface area (Å²) in [5.41, 5.74) is -0.297. The van der Waals surface area contributed by atoms with E-state index in [1.807, 2.05) is 11.0 Å². The standard InChI is InChI=1S/C27H41N5O4/c1-3-4-14-32-24(34)22(17-26(36)10-6-5-7-11-26)30-25(35)27(32)12-15-31(16-13-27)19-20-8-9-21(29-18-20)23(33)28-2/h8-9,18,22,36H,3-7,10-17,19H2,1-2H3,(H,28,33)(H,30,35)/t22-/m1/s1. The number of nitrogens with one attached hydrogen (secondary N) is 2. The highest BCUT2D eigenvalue weighted by molar-refractivity contribution is 6.00. The van der Waals surface area contributed by atoms with Gasteiger partial charge in [0.25, 0.3) is 5.91 Å². The minimum absolute atomic E-state index is 0.0375. The van der Waals surface area contributed by atoms with Gasteiger partial charge in [0, 0.05) is 45.8 Å². The largest absolute Gasteiger partial charge is 0.390 e. The van der Waals surface area contributed by atoms with E-state index in [0.717, 1.165) is 37.7 Å². The number of carbonyl (C=O) groups is 3. The van der Waals surface area contributed by atoms with E-state index >= 15 is 0 Å². The first-order valence-corrected chi connectivity index (χ1v) is 13.5. The van der Waals surface area contributed by atoms with E-state index in [4.69, 9.17) is 0 Å². The van der Waals surface area contributed by atoms with Crippen molar-refractivity contribution >= 4 is 17.7 Å². The zero-order valence-corrected chi connectivity index (χ0v) is 21.7. The summed E-state index contributed by atoms with van der Waals surface area (Å²) >= 11 is 0. The van der Waals surface area contributed by atoms with Gasteiger partial charge in [-0.1, -0.05) is 38.7 Å². The summed E-state index contributed by atoms with van der Waals surface area (Å²) < 4.78 is 0. The van der Waals surface area contributed by atoms with Crippen LogP contribution >= 0.6 is 0 Å². The van der Waals surface area contributed by atoms with Crippen LogP contribution in [0, 0.1) is 0 Å². The lowest BCUT2D eigenvalue weighted by atomic mass is 9.77. The molecule has 1 saturated carbocycles. The summed E-state index contributed by atoms with van der Waals surface area (Å²) in [7, 11) is 1.58. The van der Waals surface area contributed by atoms with Gasteiger partial charge in [-0.3, -0.25) is 24.3 Å². The lowest BCUT2D eigenvalue weighted by molar-refractivity contribution is -0.163. The number of aliphatic hydroxyl groups is 1. The maximum atomic E-state index is 13.7. The molecule has 1 aromatic rings. The minimum atomic E-state index is -0.864. The topological polar surface area (TPSA) is 115 Å². The molecule has 1 aromatic heterocycles. The Morgan fingerprint density at radius 1 is 1.17 bits per heavy atom. The molecular weight excluding hydrogens is 458 g/mol. The molecule has 2 saturated heterocycles. The van der Waals surface area contributed by atoms with Crippen molar-refractivity contribution in [2.75, 3.05) is 26.7 Å². The number of piperidine rings is 1. The number of unbranched alkanes of at least 4 members (excludes halogenated alkanes) is 1. The second-order valence-electron chi connectivity index (χ2n) is 10.8. The van der Waals surface area contributed by atoms with Crippen molar-refractivity contribution in [3.8, 4) is 0 Å². The highest BCUT2D eigenvalue weighted by atomic mass is 16.3. The predicted octanol–water partition coefficient (Wildman–Crippen LogP) is 1.99. The van der Waals surface area contributed by atoms with Crippen LogP contribution in [-0.4, -0.2) is 81.5 Å². The molecule has 0 bridgehead atoms. The summed E-state index contributed by atoms with van der Waals surface area (Å²) in [6.45, 7) is 4.72. The zero-order valence-electron chi connectivity index (χ0n) is 21.7. The van der Waals surface area contributed by atoms with Crippen LogP contribution < -0.4 is 10.6 Å². The molecule has 3 aliphatic rings. The smallest absolute Gasteiger partial charge is 0.269 e. The van der Waals surface area contributed by atoms with E-state index in [1.165, 1.54) is 0 Å². The van der Waals surface area contributed by atoms with Gasteiger partial charge in [0.1, 0.15) is 17.3 Å². The molecule has 3 amide bonds. The SMILES string of the molecule is CCCCN1C(=O)[C@@H](CC2(O)CCCCC2)NC(=O)C12CCN(Cc1ccc(C(=O)NC)nc1)CC2. The molecule has 9 heteroatoms. The van der Waals surface area contributed by atoms with E-state index in [-0.39, 0.29) is 17.7 Å². The number of likely N-dealkylation sites (tertiary alicyclic amines) is 1. The van der Waals surface area contributed by atoms with Crippen molar-refractivity contribution < 1.29 is 19.5 Å². The number of carbonyl (C=O) groups excluding carboxylic acids is 3. The second kappa shape index (κ2) is 11.3. The van der Waals surface area contributed by atoms with E-state index in [2.05, 4.69) is 27.4 Å². The molecule has 4 rings (SSSR count). The van der Waals surface area contributed by atoms with Crippen molar-refractivity contribution in [3.63, 3.8) is 0 Å². The van der Waals surface area contributed by atoms with Crippen LogP contribution in [0.3, 0.4) is 0 Å². The number of amides is 3. The van der Waals surface area contributed by atoms with Crippen molar-refractivity contribution in [3.05, 3.63) is 29.6 Å². The average molecular weight is 500 g/mol. The van der Waals surface area contributed by atoms with E-state index in [9.17, 15) is 19.5 Å². The molecular formula is C27H41N5O4. The molecule has 36 heavy (non-hydrogen) atoms. The lowest BCUT2D eigenvalue weighted by Crippen LogP contribution is -2.73. The molecule has 3 N–H and O–H groups in total. The van der Waals surface area contributed by atoms with Gasteiger partial charge in [-0.2, -0.15) is 0 Å². The van der Waals surface area contributed by atoms with Crippen LogP contribution in [-0.2, 0) is 16.1 Å². The lowest BCUT2D eigenvalue weighted by Gasteiger charge is -2.52. The summed E-state index contributed by atoms with van der Waals surface area (Å²) in [6.07, 6.45) is 9.42. The number of piperazine rings is 1. The van der Waals surface area contributed by atoms with Crippen molar-refractivity contribution in [1.82, 2.24) is 25.4 Å². The van der Waals surface area contributed by atoms with Gasteiger partial charge >= 0.3 is 0 Å². The molecule has 9 nitrogen and oxygen atoms in total. The third kappa shape index (κ3) is 5.57. The number of nitrogens with zero attached hydrogens (tertiary/aromatic N) is 3. The molecule has 3 fully saturated rings. The first-order chi connectivity index (χ1) is 17.3. The number of aromatic nitrogens is 1. The predicted molar refractivity (Wildman–Crippen MR) is 136 cm³/mol. The fourth-order valence-electron chi connectivity index (χ4n) is 6.07. The van der Waals surface area contributed by atoms with Crippen molar-refractivity contribution in [1.29, 1.82) is 0 Å². The molecule has 1 aliphatic carbocycles. The van der Waals surface area contributed by atoms with Crippen molar-refractivity contribution in [2.24, 2.45) is 0 Å². The Hall–Kier alpha value is -2.52. The first kappa shape index (κ1) is 26.5. The Morgan fingerprint density at radius 2 is 1.89 bits per heavy atom. The summed E-state index contributed by atoms with van der Waals surface area (Å²) in [4.78, 5) is 47.4. The number of hydrogen-bond acceptors (Lipinski definition) is 6. The van der Waals surface area contributed by atoms with Crippen LogP contribution in [0.2, 0.25) is 0 Å². The maximum absolute atomic E-state index is 13.7. The highest BCUT2D eigenvalue weighted by Crippen LogP contribution is 2.37. The van der Waals surface area contributed by atoms with E-state index in [0.29, 0.717) is 64.0 Å². The third-order valence-corrected chi connectivity index (χ3v) is 8.29. The van der Waals surface area contributed by atoms with Gasteiger partial charge in [0.2, 0.25) is 11.8 Å². The van der Waals surface area contributed by atoms with Gasteiger partial charge in [-0.05, 0) is 43.7 Å². The molecule has 1 atom stereocenters. The highest BCUT2D eigenvalue weighted by Gasteiger charge is 2.54. The molecule has 0 unspecified atom stereocenters. The first-order valence-electron chi connectivity index (χ1n) is 13.5. The van der Waals surface area contributed by atoms with Gasteiger partial charge in [-0.25, -0.2) is 0 Å². The molecule has 0 radical (unpaired) electrons. The fourth-order valence-corrected chi connectivity index (χ4v) is 6.07. The van der Waals surface area contributed by atoms with Crippen LogP contribution in [0.4, 0.5) is 0 Å². The number of pyridine rings is 1. The van der Waals surface area contributed by atoms with Crippen LogP contribution in [0.15, 0.2) is 18.3 Å². The van der Waals surface area contributed by atoms with Gasteiger partial charge in [-0.15, -0.1) is 0 Å². The zero-order chi connectivity index (χ0) is 25.8. The Balaban J connectivity index is 1.43. The normalized spacial score (nSPS) is 24.0. The molecule has 2 aliphatic heterocycles. The summed E-state index contributed by atoms with van der Waals surface area (Å²) in [5, 5.41) is 16.7. The van der Waals surface area contributed by atoms with Gasteiger partial charge < -0.3 is 20.6 Å². The van der Waals surface area contributed by atoms with Crippen molar-refractivity contribution in [2.45, 2.75) is 94.9 Å². The molecule has 3 heterocycles. The molecule has 0 aromatic carbocycles. The van der Waals surface area contributed by atoms with Gasteiger partial charge in [0.15, 0.2) is 0 Å².